The molecule has 0 aromatic carbocycles. The van der Waals surface area contributed by atoms with Gasteiger partial charge < -0.3 is 15.1 Å². The molecule has 5 heteroatoms. The molecule has 108 valence electrons. The third-order valence-corrected chi connectivity index (χ3v) is 4.21. The van der Waals surface area contributed by atoms with E-state index in [2.05, 4.69) is 10.2 Å². The van der Waals surface area contributed by atoms with E-state index in [9.17, 15) is 9.59 Å². The second-order valence-corrected chi connectivity index (χ2v) is 5.61. The monoisotopic (exact) mass is 267 g/mol. The lowest BCUT2D eigenvalue weighted by Gasteiger charge is -2.25. The van der Waals surface area contributed by atoms with Crippen LogP contribution in [0.4, 0.5) is 0 Å². The van der Waals surface area contributed by atoms with Crippen molar-refractivity contribution in [2.24, 2.45) is 0 Å². The van der Waals surface area contributed by atoms with Crippen LogP contribution in [0.5, 0.6) is 0 Å². The van der Waals surface area contributed by atoms with Crippen LogP contribution in [-0.2, 0) is 9.59 Å². The van der Waals surface area contributed by atoms with Gasteiger partial charge in [-0.1, -0.05) is 6.42 Å². The van der Waals surface area contributed by atoms with Gasteiger partial charge in [-0.2, -0.15) is 0 Å². The van der Waals surface area contributed by atoms with E-state index in [4.69, 9.17) is 0 Å². The van der Waals surface area contributed by atoms with Gasteiger partial charge in [0.05, 0.1) is 0 Å². The Morgan fingerprint density at radius 1 is 1.26 bits per heavy atom. The van der Waals surface area contributed by atoms with E-state index in [-0.39, 0.29) is 17.9 Å². The minimum atomic E-state index is -0.270. The average Bonchev–Trinajstić information content (AvgIpc) is 2.85. The van der Waals surface area contributed by atoms with Gasteiger partial charge in [0.1, 0.15) is 6.04 Å². The maximum Gasteiger partial charge on any atom is 0.242 e. The number of hydrogen-bond donors (Lipinski definition) is 1. The van der Waals surface area contributed by atoms with Crippen molar-refractivity contribution in [1.82, 2.24) is 15.1 Å². The molecule has 2 aliphatic rings. The molecule has 19 heavy (non-hydrogen) atoms. The van der Waals surface area contributed by atoms with Crippen LogP contribution in [0.25, 0.3) is 0 Å². The second-order valence-electron chi connectivity index (χ2n) is 5.61. The highest BCUT2D eigenvalue weighted by molar-refractivity contribution is 5.87. The molecule has 5 nitrogen and oxygen atoms in total. The number of nitrogens with one attached hydrogen (secondary N) is 1. The zero-order valence-electron chi connectivity index (χ0n) is 11.9. The maximum absolute atomic E-state index is 12.2. The molecule has 1 atom stereocenters. The standard InChI is InChI=1S/C14H25N3O2/c1-16-12(6-2-3-7-13(16)18)14(19)15-8-11-17-9-4-5-10-17/h12H,2-11H2,1H3,(H,15,19). The summed E-state index contributed by atoms with van der Waals surface area (Å²) in [7, 11) is 1.75. The lowest BCUT2D eigenvalue weighted by Crippen LogP contribution is -2.48. The topological polar surface area (TPSA) is 52.7 Å². The van der Waals surface area contributed by atoms with Crippen molar-refractivity contribution in [2.75, 3.05) is 33.2 Å². The largest absolute Gasteiger partial charge is 0.353 e. The van der Waals surface area contributed by atoms with E-state index < -0.39 is 0 Å². The molecule has 0 spiro atoms. The Morgan fingerprint density at radius 3 is 2.74 bits per heavy atom. The first-order valence-corrected chi connectivity index (χ1v) is 7.44. The predicted octanol–water partition coefficient (Wildman–Crippen LogP) is 0.599. The summed E-state index contributed by atoms with van der Waals surface area (Å²) < 4.78 is 0. The number of carbonyl (C=O) groups is 2. The molecule has 2 aliphatic heterocycles. The smallest absolute Gasteiger partial charge is 0.242 e. The summed E-state index contributed by atoms with van der Waals surface area (Å²) in [4.78, 5) is 27.9. The molecule has 0 saturated carbocycles. The SMILES string of the molecule is CN1C(=O)CCCCC1C(=O)NCCN1CCCC1. The number of hydrogen-bond acceptors (Lipinski definition) is 3. The lowest BCUT2D eigenvalue weighted by atomic mass is 10.1. The first-order valence-electron chi connectivity index (χ1n) is 7.44. The van der Waals surface area contributed by atoms with Crippen LogP contribution in [0.2, 0.25) is 0 Å². The summed E-state index contributed by atoms with van der Waals surface area (Å²) in [5.74, 6) is 0.106. The summed E-state index contributed by atoms with van der Waals surface area (Å²) in [5.41, 5.74) is 0. The molecule has 1 N–H and O–H groups in total. The lowest BCUT2D eigenvalue weighted by molar-refractivity contribution is -0.138. The van der Waals surface area contributed by atoms with Crippen LogP contribution in [0.3, 0.4) is 0 Å². The van der Waals surface area contributed by atoms with Crippen molar-refractivity contribution < 1.29 is 9.59 Å². The van der Waals surface area contributed by atoms with Crippen LogP contribution >= 0.6 is 0 Å². The van der Waals surface area contributed by atoms with Crippen LogP contribution in [0.1, 0.15) is 38.5 Å². The molecule has 0 aliphatic carbocycles. The molecule has 2 amide bonds. The van der Waals surface area contributed by atoms with Crippen molar-refractivity contribution >= 4 is 11.8 Å². The fourth-order valence-electron chi connectivity index (χ4n) is 2.93. The highest BCUT2D eigenvalue weighted by Gasteiger charge is 2.28. The minimum Gasteiger partial charge on any atom is -0.353 e. The van der Waals surface area contributed by atoms with E-state index in [1.54, 1.807) is 11.9 Å². The fourth-order valence-corrected chi connectivity index (χ4v) is 2.93. The Labute approximate surface area is 115 Å². The van der Waals surface area contributed by atoms with Gasteiger partial charge in [0, 0.05) is 26.6 Å². The number of amides is 2. The molecule has 0 aromatic heterocycles. The molecule has 2 heterocycles. The molecule has 1 unspecified atom stereocenters. The van der Waals surface area contributed by atoms with Gasteiger partial charge in [0.15, 0.2) is 0 Å². The Morgan fingerprint density at radius 2 is 2.00 bits per heavy atom. The van der Waals surface area contributed by atoms with Gasteiger partial charge in [-0.05, 0) is 38.8 Å². The molecular weight excluding hydrogens is 242 g/mol. The summed E-state index contributed by atoms with van der Waals surface area (Å²) in [6, 6.07) is -0.270. The molecule has 2 fully saturated rings. The summed E-state index contributed by atoms with van der Waals surface area (Å²) in [6.07, 6.45) is 5.77. The van der Waals surface area contributed by atoms with Crippen LogP contribution in [0.15, 0.2) is 0 Å². The molecule has 0 bridgehead atoms. The van der Waals surface area contributed by atoms with Gasteiger partial charge >= 0.3 is 0 Å². The van der Waals surface area contributed by atoms with Gasteiger partial charge in [0.25, 0.3) is 0 Å². The van der Waals surface area contributed by atoms with Crippen molar-refractivity contribution in [3.63, 3.8) is 0 Å². The highest BCUT2D eigenvalue weighted by atomic mass is 16.2. The first kappa shape index (κ1) is 14.3. The van der Waals surface area contributed by atoms with Crippen LogP contribution in [0, 0.1) is 0 Å². The van der Waals surface area contributed by atoms with Crippen LogP contribution < -0.4 is 5.32 Å². The maximum atomic E-state index is 12.2. The number of likely N-dealkylation sites (N-methyl/N-ethyl adjacent to an activating group) is 1. The molecule has 0 radical (unpaired) electrons. The molecular formula is C14H25N3O2. The Bertz CT molecular complexity index is 327. The third kappa shape index (κ3) is 3.93. The van der Waals surface area contributed by atoms with Crippen molar-refractivity contribution in [1.29, 1.82) is 0 Å². The number of nitrogens with zero attached hydrogens (tertiary/aromatic N) is 2. The average molecular weight is 267 g/mol. The van der Waals surface area contributed by atoms with E-state index in [0.717, 1.165) is 38.9 Å². The summed E-state index contributed by atoms with van der Waals surface area (Å²) in [5, 5.41) is 2.98. The number of carbonyl (C=O) groups excluding carboxylic acids is 2. The van der Waals surface area contributed by atoms with Crippen molar-refractivity contribution in [3.05, 3.63) is 0 Å². The van der Waals surface area contributed by atoms with E-state index in [1.165, 1.54) is 12.8 Å². The zero-order chi connectivity index (χ0) is 13.7. The van der Waals surface area contributed by atoms with Gasteiger partial charge in [-0.3, -0.25) is 9.59 Å². The Balaban J connectivity index is 1.75. The quantitative estimate of drug-likeness (QED) is 0.811. The second kappa shape index (κ2) is 6.89. The van der Waals surface area contributed by atoms with E-state index in [1.807, 2.05) is 0 Å². The molecule has 2 rings (SSSR count). The minimum absolute atomic E-state index is 0.0111. The number of rotatable bonds is 4. The van der Waals surface area contributed by atoms with E-state index in [0.29, 0.717) is 13.0 Å². The number of likely N-dealkylation sites (tertiary alicyclic amines) is 2. The predicted molar refractivity (Wildman–Crippen MR) is 73.7 cm³/mol. The zero-order valence-corrected chi connectivity index (χ0v) is 11.9. The van der Waals surface area contributed by atoms with Crippen molar-refractivity contribution in [2.45, 2.75) is 44.6 Å². The van der Waals surface area contributed by atoms with E-state index >= 15 is 0 Å². The Kier molecular flexibility index (Phi) is 5.19. The van der Waals surface area contributed by atoms with Crippen molar-refractivity contribution in [3.8, 4) is 0 Å². The van der Waals surface area contributed by atoms with Crippen LogP contribution in [-0.4, -0.2) is 60.9 Å². The summed E-state index contributed by atoms with van der Waals surface area (Å²) in [6.45, 7) is 3.92. The normalized spacial score (nSPS) is 25.4. The highest BCUT2D eigenvalue weighted by Crippen LogP contribution is 2.16. The van der Waals surface area contributed by atoms with Gasteiger partial charge in [-0.15, -0.1) is 0 Å². The van der Waals surface area contributed by atoms with Gasteiger partial charge in [0.2, 0.25) is 11.8 Å². The fraction of sp³-hybridized carbons (Fsp3) is 0.857. The first-order chi connectivity index (χ1) is 9.18. The third-order valence-electron chi connectivity index (χ3n) is 4.21. The molecule has 2 saturated heterocycles. The van der Waals surface area contributed by atoms with Gasteiger partial charge in [-0.25, -0.2) is 0 Å². The Hall–Kier alpha value is -1.10. The molecule has 0 aromatic rings. The summed E-state index contributed by atoms with van der Waals surface area (Å²) >= 11 is 0.